The molecule has 3 atom stereocenters. The van der Waals surface area contributed by atoms with Crippen LogP contribution >= 0.6 is 0 Å². The van der Waals surface area contributed by atoms with E-state index in [2.05, 4.69) is 37.1 Å². The zero-order chi connectivity index (χ0) is 14.4. The first-order chi connectivity index (χ1) is 9.50. The number of hydrogen-bond acceptors (Lipinski definition) is 2. The SMILES string of the molecule is CC(C)=C[C@@H]1c2cccc3c2[C@@H](CCN1F)[C@H](C)N3C. The van der Waals surface area contributed by atoms with Crippen LogP contribution in [0.1, 0.15) is 50.3 Å². The van der Waals surface area contributed by atoms with Crippen LogP contribution in [-0.2, 0) is 0 Å². The molecule has 0 N–H and O–H groups in total. The molecule has 20 heavy (non-hydrogen) atoms. The van der Waals surface area contributed by atoms with Crippen LogP contribution in [0.2, 0.25) is 0 Å². The van der Waals surface area contributed by atoms with Gasteiger partial charge in [-0.15, -0.1) is 9.60 Å². The molecular weight excluding hydrogens is 251 g/mol. The smallest absolute Gasteiger partial charge is 0.0838 e. The van der Waals surface area contributed by atoms with Crippen LogP contribution in [0.4, 0.5) is 10.2 Å². The van der Waals surface area contributed by atoms with Crippen molar-refractivity contribution in [3.63, 3.8) is 0 Å². The van der Waals surface area contributed by atoms with Crippen molar-refractivity contribution in [3.8, 4) is 0 Å². The van der Waals surface area contributed by atoms with E-state index >= 15 is 0 Å². The highest BCUT2D eigenvalue weighted by Crippen LogP contribution is 2.48. The number of likely N-dealkylation sites (N-methyl/N-ethyl adjacent to an activating group) is 1. The number of rotatable bonds is 1. The molecule has 3 heteroatoms. The van der Waals surface area contributed by atoms with Gasteiger partial charge in [-0.1, -0.05) is 23.8 Å². The fourth-order valence-corrected chi connectivity index (χ4v) is 3.69. The van der Waals surface area contributed by atoms with Crippen LogP contribution < -0.4 is 4.90 Å². The standard InChI is InChI=1S/C17H23FN2/c1-11(2)10-16-14-6-5-7-15-17(14)13(8-9-20(16)18)12(3)19(15)4/h5-7,10,12-13,16H,8-9H2,1-4H3/t12-,13-,16+/m0/s1. The maximum Gasteiger partial charge on any atom is 0.0838 e. The lowest BCUT2D eigenvalue weighted by Crippen LogP contribution is -2.28. The Balaban J connectivity index is 2.18. The Bertz CT molecular complexity index is 548. The summed E-state index contributed by atoms with van der Waals surface area (Å²) in [5.74, 6) is 0.444. The van der Waals surface area contributed by atoms with E-state index in [1.165, 1.54) is 11.3 Å². The lowest BCUT2D eigenvalue weighted by molar-refractivity contribution is -0.00433. The van der Waals surface area contributed by atoms with Gasteiger partial charge in [0.05, 0.1) is 6.04 Å². The predicted octanol–water partition coefficient (Wildman–Crippen LogP) is 4.21. The van der Waals surface area contributed by atoms with Gasteiger partial charge in [-0.25, -0.2) is 0 Å². The van der Waals surface area contributed by atoms with Crippen LogP contribution in [-0.4, -0.2) is 24.8 Å². The Morgan fingerprint density at radius 1 is 1.35 bits per heavy atom. The lowest BCUT2D eigenvalue weighted by atomic mass is 9.88. The van der Waals surface area contributed by atoms with Crippen LogP contribution in [0.5, 0.6) is 0 Å². The summed E-state index contributed by atoms with van der Waals surface area (Å²) in [6, 6.07) is 6.54. The second-order valence-electron chi connectivity index (χ2n) is 6.34. The fraction of sp³-hybridized carbons (Fsp3) is 0.529. The van der Waals surface area contributed by atoms with Crippen LogP contribution in [0.15, 0.2) is 29.8 Å². The summed E-state index contributed by atoms with van der Waals surface area (Å²) < 4.78 is 14.5. The molecular formula is C17H23FN2. The summed E-state index contributed by atoms with van der Waals surface area (Å²) in [5, 5.41) is 1.01. The van der Waals surface area contributed by atoms with Gasteiger partial charge >= 0.3 is 0 Å². The summed E-state index contributed by atoms with van der Waals surface area (Å²) in [6.07, 6.45) is 2.93. The molecule has 2 nitrogen and oxygen atoms in total. The first-order valence-electron chi connectivity index (χ1n) is 7.43. The molecule has 0 saturated heterocycles. The molecule has 1 aromatic rings. The summed E-state index contributed by atoms with van der Waals surface area (Å²) in [6.45, 7) is 6.83. The Morgan fingerprint density at radius 2 is 2.10 bits per heavy atom. The summed E-state index contributed by atoms with van der Waals surface area (Å²) in [7, 11) is 2.15. The van der Waals surface area contributed by atoms with Crippen molar-refractivity contribution in [2.24, 2.45) is 0 Å². The molecule has 2 aliphatic rings. The molecule has 0 aromatic heterocycles. The number of benzene rings is 1. The van der Waals surface area contributed by atoms with Gasteiger partial charge in [-0.2, -0.15) is 0 Å². The molecule has 1 aromatic carbocycles. The summed E-state index contributed by atoms with van der Waals surface area (Å²) in [5.41, 5.74) is 4.95. The molecule has 0 radical (unpaired) electrons. The van der Waals surface area contributed by atoms with Crippen molar-refractivity contribution < 1.29 is 4.48 Å². The van der Waals surface area contributed by atoms with E-state index in [9.17, 15) is 4.48 Å². The molecule has 3 rings (SSSR count). The topological polar surface area (TPSA) is 6.48 Å². The Labute approximate surface area is 120 Å². The highest BCUT2D eigenvalue weighted by Gasteiger charge is 2.39. The van der Waals surface area contributed by atoms with Crippen molar-refractivity contribution in [1.29, 1.82) is 0 Å². The predicted molar refractivity (Wildman–Crippen MR) is 81.7 cm³/mol. The first-order valence-corrected chi connectivity index (χ1v) is 7.43. The maximum atomic E-state index is 14.5. The second kappa shape index (κ2) is 4.88. The summed E-state index contributed by atoms with van der Waals surface area (Å²) in [4.78, 5) is 2.34. The third kappa shape index (κ3) is 1.96. The third-order valence-electron chi connectivity index (χ3n) is 4.83. The Kier molecular flexibility index (Phi) is 3.33. The van der Waals surface area contributed by atoms with Crippen LogP contribution in [0.25, 0.3) is 0 Å². The van der Waals surface area contributed by atoms with Crippen molar-refractivity contribution in [2.75, 3.05) is 18.5 Å². The molecule has 0 saturated carbocycles. The Hall–Kier alpha value is -1.35. The van der Waals surface area contributed by atoms with Crippen molar-refractivity contribution in [1.82, 2.24) is 5.12 Å². The molecule has 0 fully saturated rings. The highest BCUT2D eigenvalue weighted by molar-refractivity contribution is 5.65. The molecule has 108 valence electrons. The molecule has 0 bridgehead atoms. The van der Waals surface area contributed by atoms with E-state index in [1.807, 2.05) is 19.9 Å². The van der Waals surface area contributed by atoms with Gasteiger partial charge < -0.3 is 4.90 Å². The normalized spacial score (nSPS) is 29.1. The largest absolute Gasteiger partial charge is 0.371 e. The van der Waals surface area contributed by atoms with Gasteiger partial charge in [-0.3, -0.25) is 0 Å². The van der Waals surface area contributed by atoms with E-state index in [0.717, 1.165) is 22.7 Å². The molecule has 0 aliphatic carbocycles. The number of nitrogens with zero attached hydrogens (tertiary/aromatic N) is 2. The zero-order valence-corrected chi connectivity index (χ0v) is 12.7. The fourth-order valence-electron chi connectivity index (χ4n) is 3.69. The number of halogens is 1. The Morgan fingerprint density at radius 3 is 2.80 bits per heavy atom. The van der Waals surface area contributed by atoms with Gasteiger partial charge in [0.2, 0.25) is 0 Å². The van der Waals surface area contributed by atoms with Gasteiger partial charge in [-0.05, 0) is 44.4 Å². The van der Waals surface area contributed by atoms with Gasteiger partial charge in [0.25, 0.3) is 0 Å². The minimum Gasteiger partial charge on any atom is -0.371 e. The van der Waals surface area contributed by atoms with Gasteiger partial charge in [0.1, 0.15) is 0 Å². The summed E-state index contributed by atoms with van der Waals surface area (Å²) >= 11 is 0. The number of allylic oxidation sites excluding steroid dienone is 1. The number of anilines is 1. The van der Waals surface area contributed by atoms with E-state index in [0.29, 0.717) is 18.5 Å². The van der Waals surface area contributed by atoms with Crippen molar-refractivity contribution in [3.05, 3.63) is 41.0 Å². The third-order valence-corrected chi connectivity index (χ3v) is 4.83. The van der Waals surface area contributed by atoms with Crippen molar-refractivity contribution in [2.45, 2.75) is 45.2 Å². The van der Waals surface area contributed by atoms with Crippen LogP contribution in [0, 0.1) is 0 Å². The van der Waals surface area contributed by atoms with Gasteiger partial charge in [0, 0.05) is 31.2 Å². The molecule has 0 spiro atoms. The molecule has 2 aliphatic heterocycles. The number of hydrogen-bond donors (Lipinski definition) is 0. The maximum absolute atomic E-state index is 14.5. The molecule has 0 unspecified atom stereocenters. The lowest BCUT2D eigenvalue weighted by Gasteiger charge is -2.24. The minimum atomic E-state index is -0.237. The van der Waals surface area contributed by atoms with E-state index in [-0.39, 0.29) is 6.04 Å². The zero-order valence-electron chi connectivity index (χ0n) is 12.7. The van der Waals surface area contributed by atoms with E-state index in [4.69, 9.17) is 0 Å². The van der Waals surface area contributed by atoms with Crippen molar-refractivity contribution >= 4 is 5.69 Å². The quantitative estimate of drug-likeness (QED) is 0.559. The molecule has 2 heterocycles. The van der Waals surface area contributed by atoms with Gasteiger partial charge in [0.15, 0.2) is 0 Å². The minimum absolute atomic E-state index is 0.237. The average molecular weight is 274 g/mol. The highest BCUT2D eigenvalue weighted by atomic mass is 19.2. The monoisotopic (exact) mass is 274 g/mol. The molecule has 0 amide bonds. The van der Waals surface area contributed by atoms with E-state index in [1.54, 1.807) is 0 Å². The first kappa shape index (κ1) is 13.6. The van der Waals surface area contributed by atoms with E-state index < -0.39 is 0 Å². The average Bonchev–Trinajstić information content (AvgIpc) is 2.57. The second-order valence-corrected chi connectivity index (χ2v) is 6.34. The van der Waals surface area contributed by atoms with Crippen LogP contribution in [0.3, 0.4) is 0 Å².